The number of ether oxygens (including phenoxy) is 3. The van der Waals surface area contributed by atoms with Crippen molar-refractivity contribution in [2.45, 2.75) is 0 Å². The zero-order valence-electron chi connectivity index (χ0n) is 15.7. The summed E-state index contributed by atoms with van der Waals surface area (Å²) in [5.74, 6) is 1.93. The van der Waals surface area contributed by atoms with Crippen molar-refractivity contribution in [1.82, 2.24) is 10.2 Å². The van der Waals surface area contributed by atoms with E-state index in [1.807, 2.05) is 6.07 Å². The zero-order chi connectivity index (χ0) is 19.9. The van der Waals surface area contributed by atoms with Gasteiger partial charge in [0.05, 0.1) is 32.7 Å². The van der Waals surface area contributed by atoms with Gasteiger partial charge in [0.25, 0.3) is 5.91 Å². The number of para-hydroxylation sites is 2. The maximum atomic E-state index is 12.4. The normalized spacial score (nSPS) is 10.1. The third-order valence-electron chi connectivity index (χ3n) is 3.92. The average molecular weight is 380 g/mol. The van der Waals surface area contributed by atoms with E-state index >= 15 is 0 Å². The lowest BCUT2D eigenvalue weighted by atomic mass is 10.2. The molecule has 1 aromatic heterocycles. The number of carbonyl (C=O) groups is 1. The summed E-state index contributed by atoms with van der Waals surface area (Å²) >= 11 is 0. The Bertz CT molecular complexity index is 961. The lowest BCUT2D eigenvalue weighted by Gasteiger charge is -2.12. The van der Waals surface area contributed by atoms with Gasteiger partial charge < -0.3 is 24.8 Å². The lowest BCUT2D eigenvalue weighted by molar-refractivity contribution is 0.102. The number of aromatic nitrogens is 2. The number of nitrogens with zero attached hydrogens (tertiary/aromatic N) is 2. The van der Waals surface area contributed by atoms with E-state index in [1.165, 1.54) is 7.11 Å². The van der Waals surface area contributed by atoms with Crippen LogP contribution in [-0.4, -0.2) is 37.4 Å². The maximum Gasteiger partial charge on any atom is 0.276 e. The van der Waals surface area contributed by atoms with Gasteiger partial charge in [0.2, 0.25) is 0 Å². The van der Waals surface area contributed by atoms with Crippen LogP contribution >= 0.6 is 0 Å². The van der Waals surface area contributed by atoms with E-state index < -0.39 is 0 Å². The Balaban J connectivity index is 1.74. The number of anilines is 3. The van der Waals surface area contributed by atoms with Crippen LogP contribution in [-0.2, 0) is 0 Å². The van der Waals surface area contributed by atoms with Gasteiger partial charge in [0.1, 0.15) is 17.2 Å². The van der Waals surface area contributed by atoms with Gasteiger partial charge in [-0.25, -0.2) is 0 Å². The maximum absolute atomic E-state index is 12.4. The molecule has 2 aromatic carbocycles. The first-order valence-corrected chi connectivity index (χ1v) is 8.41. The van der Waals surface area contributed by atoms with Crippen molar-refractivity contribution >= 4 is 23.1 Å². The van der Waals surface area contributed by atoms with Crippen LogP contribution in [0.5, 0.6) is 17.2 Å². The molecule has 0 unspecified atom stereocenters. The quantitative estimate of drug-likeness (QED) is 0.648. The Hall–Kier alpha value is -3.81. The second kappa shape index (κ2) is 8.72. The summed E-state index contributed by atoms with van der Waals surface area (Å²) in [7, 11) is 4.70. The third kappa shape index (κ3) is 4.29. The topological polar surface area (TPSA) is 94.6 Å². The van der Waals surface area contributed by atoms with Crippen molar-refractivity contribution in [3.05, 3.63) is 60.3 Å². The monoisotopic (exact) mass is 380 g/mol. The second-order valence-electron chi connectivity index (χ2n) is 5.65. The molecule has 8 nitrogen and oxygen atoms in total. The first kappa shape index (κ1) is 19.0. The predicted molar refractivity (Wildman–Crippen MR) is 106 cm³/mol. The smallest absolute Gasteiger partial charge is 0.276 e. The molecular formula is C20H20N4O4. The molecule has 0 aliphatic carbocycles. The molecule has 0 spiro atoms. The number of methoxy groups -OCH3 is 3. The minimum atomic E-state index is -0.387. The highest BCUT2D eigenvalue weighted by Gasteiger charge is 2.12. The highest BCUT2D eigenvalue weighted by atomic mass is 16.5. The molecule has 1 amide bonds. The van der Waals surface area contributed by atoms with Crippen LogP contribution < -0.4 is 24.8 Å². The van der Waals surface area contributed by atoms with E-state index in [-0.39, 0.29) is 11.6 Å². The summed E-state index contributed by atoms with van der Waals surface area (Å²) in [6.07, 6.45) is 0. The Morgan fingerprint density at radius 2 is 1.57 bits per heavy atom. The summed E-state index contributed by atoms with van der Waals surface area (Å²) in [6.45, 7) is 0. The van der Waals surface area contributed by atoms with Crippen LogP contribution in [0.3, 0.4) is 0 Å². The molecule has 0 atom stereocenters. The van der Waals surface area contributed by atoms with Crippen molar-refractivity contribution in [2.24, 2.45) is 0 Å². The van der Waals surface area contributed by atoms with Crippen molar-refractivity contribution in [2.75, 3.05) is 32.0 Å². The average Bonchev–Trinajstić information content (AvgIpc) is 2.74. The molecule has 0 aliphatic heterocycles. The first-order valence-electron chi connectivity index (χ1n) is 8.41. The lowest BCUT2D eigenvalue weighted by Crippen LogP contribution is -2.15. The van der Waals surface area contributed by atoms with Gasteiger partial charge in [0, 0.05) is 6.07 Å². The van der Waals surface area contributed by atoms with Gasteiger partial charge >= 0.3 is 0 Å². The van der Waals surface area contributed by atoms with Gasteiger partial charge in [0.15, 0.2) is 11.5 Å². The van der Waals surface area contributed by atoms with Crippen LogP contribution in [0, 0.1) is 0 Å². The third-order valence-corrected chi connectivity index (χ3v) is 3.92. The number of hydrogen-bond donors (Lipinski definition) is 2. The Labute approximate surface area is 162 Å². The minimum Gasteiger partial charge on any atom is -0.497 e. The summed E-state index contributed by atoms with van der Waals surface area (Å²) in [4.78, 5) is 12.4. The fourth-order valence-corrected chi connectivity index (χ4v) is 2.50. The van der Waals surface area contributed by atoms with Crippen molar-refractivity contribution in [1.29, 1.82) is 0 Å². The van der Waals surface area contributed by atoms with Crippen LogP contribution in [0.4, 0.5) is 17.2 Å². The van der Waals surface area contributed by atoms with Crippen LogP contribution in [0.1, 0.15) is 10.5 Å². The van der Waals surface area contributed by atoms with E-state index in [4.69, 9.17) is 14.2 Å². The largest absolute Gasteiger partial charge is 0.497 e. The molecule has 2 N–H and O–H groups in total. The number of rotatable bonds is 7. The molecule has 0 saturated heterocycles. The molecule has 3 aromatic rings. The summed E-state index contributed by atoms with van der Waals surface area (Å²) in [5, 5.41) is 13.9. The zero-order valence-corrected chi connectivity index (χ0v) is 15.7. The number of amides is 1. The summed E-state index contributed by atoms with van der Waals surface area (Å²) < 4.78 is 15.8. The van der Waals surface area contributed by atoms with Crippen LogP contribution in [0.25, 0.3) is 0 Å². The fraction of sp³-hybridized carbons (Fsp3) is 0.150. The van der Waals surface area contributed by atoms with E-state index in [0.29, 0.717) is 34.4 Å². The number of hydrogen-bond acceptors (Lipinski definition) is 7. The van der Waals surface area contributed by atoms with Crippen LogP contribution in [0.15, 0.2) is 54.6 Å². The molecule has 0 aliphatic rings. The molecule has 0 radical (unpaired) electrons. The highest BCUT2D eigenvalue weighted by molar-refractivity contribution is 6.03. The van der Waals surface area contributed by atoms with E-state index in [2.05, 4.69) is 20.8 Å². The molecule has 3 rings (SSSR count). The molecule has 0 bridgehead atoms. The fourth-order valence-electron chi connectivity index (χ4n) is 2.50. The molecule has 0 saturated carbocycles. The van der Waals surface area contributed by atoms with Gasteiger partial charge in [-0.05, 0) is 36.4 Å². The number of carbonyl (C=O) groups excluding carboxylic acids is 1. The molecule has 28 heavy (non-hydrogen) atoms. The first-order chi connectivity index (χ1) is 13.6. The number of benzene rings is 2. The molecule has 8 heteroatoms. The van der Waals surface area contributed by atoms with Gasteiger partial charge in [-0.2, -0.15) is 0 Å². The minimum absolute atomic E-state index is 0.175. The van der Waals surface area contributed by atoms with Gasteiger partial charge in [-0.3, -0.25) is 4.79 Å². The summed E-state index contributed by atoms with van der Waals surface area (Å²) in [5.41, 5.74) is 1.40. The predicted octanol–water partition coefficient (Wildman–Crippen LogP) is 3.50. The van der Waals surface area contributed by atoms with Crippen molar-refractivity contribution in [3.63, 3.8) is 0 Å². The Kier molecular flexibility index (Phi) is 5.91. The van der Waals surface area contributed by atoms with E-state index in [1.54, 1.807) is 62.8 Å². The molecule has 144 valence electrons. The molecule has 0 fully saturated rings. The Morgan fingerprint density at radius 1 is 0.821 bits per heavy atom. The standard InChI is InChI=1S/C20H20N4O4/c1-26-13-8-10-18(28-3)16(12-13)21-19-11-9-15(23-24-19)20(25)22-14-6-4-5-7-17(14)27-2/h4-12H,1-3H3,(H,21,24)(H,22,25). The van der Waals surface area contributed by atoms with Crippen molar-refractivity contribution < 1.29 is 19.0 Å². The number of nitrogens with one attached hydrogen (secondary N) is 2. The van der Waals surface area contributed by atoms with Gasteiger partial charge in [-0.1, -0.05) is 12.1 Å². The van der Waals surface area contributed by atoms with Gasteiger partial charge in [-0.15, -0.1) is 10.2 Å². The van der Waals surface area contributed by atoms with Crippen LogP contribution in [0.2, 0.25) is 0 Å². The summed E-state index contributed by atoms with van der Waals surface area (Å²) in [6, 6.07) is 15.7. The van der Waals surface area contributed by atoms with E-state index in [0.717, 1.165) is 0 Å². The molecule has 1 heterocycles. The van der Waals surface area contributed by atoms with Crippen molar-refractivity contribution in [3.8, 4) is 17.2 Å². The Morgan fingerprint density at radius 3 is 2.25 bits per heavy atom. The highest BCUT2D eigenvalue weighted by Crippen LogP contribution is 2.31. The SMILES string of the molecule is COc1ccc(OC)c(Nc2ccc(C(=O)Nc3ccccc3OC)nn2)c1. The molecular weight excluding hydrogens is 360 g/mol. The van der Waals surface area contributed by atoms with E-state index in [9.17, 15) is 4.79 Å². The second-order valence-corrected chi connectivity index (χ2v) is 5.65.